The number of anilines is 1. The van der Waals surface area contributed by atoms with Gasteiger partial charge >= 0.3 is 0 Å². The molecule has 2 amide bonds. The second kappa shape index (κ2) is 5.35. The Labute approximate surface area is 113 Å². The number of amides is 2. The highest BCUT2D eigenvalue weighted by Crippen LogP contribution is 2.22. The van der Waals surface area contributed by atoms with Crippen LogP contribution in [0.15, 0.2) is 29.2 Å². The monoisotopic (exact) mass is 272 g/mol. The second-order valence-corrected chi connectivity index (χ2v) is 4.11. The summed E-state index contributed by atoms with van der Waals surface area (Å²) in [6, 6.07) is 4.75. The van der Waals surface area contributed by atoms with E-state index >= 15 is 0 Å². The summed E-state index contributed by atoms with van der Waals surface area (Å²) in [5, 5.41) is 2.42. The zero-order valence-electron chi connectivity index (χ0n) is 10.6. The molecule has 0 fully saturated rings. The van der Waals surface area contributed by atoms with Gasteiger partial charge in [-0.05, 0) is 25.1 Å². The van der Waals surface area contributed by atoms with E-state index in [0.29, 0.717) is 29.0 Å². The molecule has 2 aromatic heterocycles. The van der Waals surface area contributed by atoms with Gasteiger partial charge in [-0.15, -0.1) is 0 Å². The molecule has 0 saturated carbocycles. The Morgan fingerprint density at radius 2 is 2.20 bits per heavy atom. The van der Waals surface area contributed by atoms with Crippen LogP contribution in [0.5, 0.6) is 0 Å². The van der Waals surface area contributed by atoms with Gasteiger partial charge in [0.2, 0.25) is 6.41 Å². The zero-order valence-corrected chi connectivity index (χ0v) is 10.6. The number of nitrogens with one attached hydrogen (secondary N) is 2. The molecule has 0 aliphatic rings. The molecule has 102 valence electrons. The number of pyridine rings is 2. The van der Waals surface area contributed by atoms with Crippen LogP contribution >= 0.6 is 0 Å². The van der Waals surface area contributed by atoms with Crippen molar-refractivity contribution in [2.75, 3.05) is 5.32 Å². The highest BCUT2D eigenvalue weighted by atomic mass is 16.2. The van der Waals surface area contributed by atoms with Crippen molar-refractivity contribution in [1.82, 2.24) is 9.97 Å². The number of hydrogen-bond donors (Lipinski definition) is 3. The third kappa shape index (κ3) is 2.56. The van der Waals surface area contributed by atoms with Crippen molar-refractivity contribution >= 4 is 18.1 Å². The molecule has 20 heavy (non-hydrogen) atoms. The number of carbonyl (C=O) groups is 2. The number of nitrogens with zero attached hydrogens (tertiary/aromatic N) is 1. The van der Waals surface area contributed by atoms with Gasteiger partial charge < -0.3 is 16.0 Å². The molecule has 0 unspecified atom stereocenters. The van der Waals surface area contributed by atoms with Crippen molar-refractivity contribution in [3.8, 4) is 11.1 Å². The molecule has 0 radical (unpaired) electrons. The number of rotatable bonds is 4. The maximum atomic E-state index is 11.6. The minimum atomic E-state index is -0.792. The van der Waals surface area contributed by atoms with Gasteiger partial charge in [0.15, 0.2) is 0 Å². The molecule has 0 spiro atoms. The smallest absolute Gasteiger partial charge is 0.261 e. The predicted octanol–water partition coefficient (Wildman–Crippen LogP) is 0.413. The number of nitrogens with two attached hydrogens (primary N) is 1. The molecule has 7 nitrogen and oxygen atoms in total. The lowest BCUT2D eigenvalue weighted by atomic mass is 10.0. The molecule has 2 aromatic rings. The Balaban J connectivity index is 2.51. The minimum absolute atomic E-state index is 0.110. The first-order chi connectivity index (χ1) is 9.52. The molecule has 0 aliphatic heterocycles. The van der Waals surface area contributed by atoms with Crippen LogP contribution in [0.1, 0.15) is 16.1 Å². The Morgan fingerprint density at radius 3 is 2.75 bits per heavy atom. The lowest BCUT2D eigenvalue weighted by Gasteiger charge is -2.07. The molecular formula is C13H12N4O3. The molecule has 4 N–H and O–H groups in total. The Morgan fingerprint density at radius 1 is 1.45 bits per heavy atom. The quantitative estimate of drug-likeness (QED) is 0.698. The molecular weight excluding hydrogens is 260 g/mol. The van der Waals surface area contributed by atoms with Crippen molar-refractivity contribution < 1.29 is 9.59 Å². The number of aryl methyl sites for hydroxylation is 1. The first-order valence-corrected chi connectivity index (χ1v) is 5.73. The van der Waals surface area contributed by atoms with E-state index in [-0.39, 0.29) is 5.56 Å². The SMILES string of the molecule is Cc1[nH]c(=O)c(C(N)=O)cc1-c1ccc(NC=O)nc1. The average Bonchev–Trinajstić information content (AvgIpc) is 2.40. The van der Waals surface area contributed by atoms with Crippen LogP contribution in [0.25, 0.3) is 11.1 Å². The van der Waals surface area contributed by atoms with E-state index < -0.39 is 11.5 Å². The molecule has 7 heteroatoms. The summed E-state index contributed by atoms with van der Waals surface area (Å²) in [4.78, 5) is 39.7. The van der Waals surface area contributed by atoms with Crippen molar-refractivity contribution in [1.29, 1.82) is 0 Å². The van der Waals surface area contributed by atoms with Gasteiger partial charge in [-0.2, -0.15) is 0 Å². The van der Waals surface area contributed by atoms with Gasteiger partial charge in [-0.1, -0.05) is 0 Å². The second-order valence-electron chi connectivity index (χ2n) is 4.11. The summed E-state index contributed by atoms with van der Waals surface area (Å²) in [6.45, 7) is 1.71. The van der Waals surface area contributed by atoms with Gasteiger partial charge in [0.1, 0.15) is 11.4 Å². The maximum Gasteiger partial charge on any atom is 0.261 e. The number of primary amides is 1. The van der Waals surface area contributed by atoms with Crippen molar-refractivity contribution in [3.63, 3.8) is 0 Å². The largest absolute Gasteiger partial charge is 0.365 e. The molecule has 0 aromatic carbocycles. The molecule has 2 rings (SSSR count). The van der Waals surface area contributed by atoms with Crippen molar-refractivity contribution in [2.24, 2.45) is 5.73 Å². The lowest BCUT2D eigenvalue weighted by molar-refractivity contribution is -0.105. The fourth-order valence-corrected chi connectivity index (χ4v) is 1.80. The van der Waals surface area contributed by atoms with E-state index in [4.69, 9.17) is 5.73 Å². The highest BCUT2D eigenvalue weighted by molar-refractivity contribution is 5.93. The van der Waals surface area contributed by atoms with Crippen LogP contribution in [0, 0.1) is 6.92 Å². The fourth-order valence-electron chi connectivity index (χ4n) is 1.80. The number of hydrogen-bond acceptors (Lipinski definition) is 4. The van der Waals surface area contributed by atoms with Crippen LogP contribution in [-0.2, 0) is 4.79 Å². The topological polar surface area (TPSA) is 118 Å². The van der Waals surface area contributed by atoms with Gasteiger partial charge in [-0.25, -0.2) is 4.98 Å². The summed E-state index contributed by atoms with van der Waals surface area (Å²) < 4.78 is 0. The van der Waals surface area contributed by atoms with Gasteiger partial charge in [0, 0.05) is 23.0 Å². The van der Waals surface area contributed by atoms with Crippen LogP contribution in [0.4, 0.5) is 5.82 Å². The van der Waals surface area contributed by atoms with Crippen LogP contribution in [0.2, 0.25) is 0 Å². The van der Waals surface area contributed by atoms with Gasteiger partial charge in [0.05, 0.1) is 0 Å². The third-order valence-corrected chi connectivity index (χ3v) is 2.79. The van der Waals surface area contributed by atoms with Crippen LogP contribution in [0.3, 0.4) is 0 Å². The van der Waals surface area contributed by atoms with Crippen molar-refractivity contribution in [3.05, 3.63) is 46.0 Å². The summed E-state index contributed by atoms with van der Waals surface area (Å²) in [6.07, 6.45) is 2.05. The van der Waals surface area contributed by atoms with E-state index in [1.165, 1.54) is 12.3 Å². The van der Waals surface area contributed by atoms with Gasteiger partial charge in [-0.3, -0.25) is 14.4 Å². The van der Waals surface area contributed by atoms with Crippen LogP contribution < -0.4 is 16.6 Å². The molecule has 0 aliphatic carbocycles. The highest BCUT2D eigenvalue weighted by Gasteiger charge is 2.11. The summed E-state index contributed by atoms with van der Waals surface area (Å²) in [5.74, 6) is -0.388. The lowest BCUT2D eigenvalue weighted by Crippen LogP contribution is -2.24. The zero-order chi connectivity index (χ0) is 14.7. The van der Waals surface area contributed by atoms with E-state index in [0.717, 1.165) is 0 Å². The number of aromatic amines is 1. The first kappa shape index (κ1) is 13.5. The Bertz CT molecular complexity index is 719. The summed E-state index contributed by atoms with van der Waals surface area (Å²) in [7, 11) is 0. The van der Waals surface area contributed by atoms with E-state index in [2.05, 4.69) is 15.3 Å². The third-order valence-electron chi connectivity index (χ3n) is 2.79. The first-order valence-electron chi connectivity index (χ1n) is 5.73. The van der Waals surface area contributed by atoms with E-state index in [1.807, 2.05) is 0 Å². The molecule has 0 atom stereocenters. The maximum absolute atomic E-state index is 11.6. The Hall–Kier alpha value is -2.96. The summed E-state index contributed by atoms with van der Waals surface area (Å²) >= 11 is 0. The van der Waals surface area contributed by atoms with Gasteiger partial charge in [0.25, 0.3) is 11.5 Å². The average molecular weight is 272 g/mol. The van der Waals surface area contributed by atoms with E-state index in [1.54, 1.807) is 19.1 Å². The molecule has 0 saturated heterocycles. The minimum Gasteiger partial charge on any atom is -0.365 e. The molecule has 2 heterocycles. The normalized spacial score (nSPS) is 10.1. The number of carbonyl (C=O) groups excluding carboxylic acids is 2. The number of H-pyrrole nitrogens is 1. The predicted molar refractivity (Wildman–Crippen MR) is 73.2 cm³/mol. The van der Waals surface area contributed by atoms with Crippen molar-refractivity contribution in [2.45, 2.75) is 6.92 Å². The molecule has 0 bridgehead atoms. The summed E-state index contributed by atoms with van der Waals surface area (Å²) in [5.41, 5.74) is 6.45. The van der Waals surface area contributed by atoms with E-state index in [9.17, 15) is 14.4 Å². The Kier molecular flexibility index (Phi) is 3.60. The number of aromatic nitrogens is 2. The van der Waals surface area contributed by atoms with Crippen LogP contribution in [-0.4, -0.2) is 22.3 Å². The fraction of sp³-hybridized carbons (Fsp3) is 0.0769. The standard InChI is InChI=1S/C13H12N4O3/c1-7-9(4-10(12(14)19)13(20)17-7)8-2-3-11(15-5-8)16-6-18/h2-6H,1H3,(H2,14,19)(H,17,20)(H,15,16,18).